The van der Waals surface area contributed by atoms with Gasteiger partial charge in [-0.25, -0.2) is 9.78 Å². The fourth-order valence-electron chi connectivity index (χ4n) is 2.40. The Bertz CT molecular complexity index is 986. The minimum Gasteiger partial charge on any atom is -0.497 e. The monoisotopic (exact) mass is 394 g/mol. The Kier molecular flexibility index (Phi) is 5.04. The molecule has 0 saturated carbocycles. The van der Waals surface area contributed by atoms with Gasteiger partial charge in [-0.1, -0.05) is 24.3 Å². The predicted molar refractivity (Wildman–Crippen MR) is 95.8 cm³/mol. The van der Waals surface area contributed by atoms with Gasteiger partial charge in [-0.05, 0) is 24.3 Å². The van der Waals surface area contributed by atoms with Crippen LogP contribution in [0.2, 0.25) is 0 Å². The SMILES string of the molecule is COc1cccc(-c2nc(Nc3ccccc3C(F)(F)F)c(C(=O)O)s2)c1. The second-order valence-corrected chi connectivity index (χ2v) is 6.40. The van der Waals surface area contributed by atoms with Gasteiger partial charge in [-0.15, -0.1) is 11.3 Å². The number of methoxy groups -OCH3 is 1. The molecule has 27 heavy (non-hydrogen) atoms. The zero-order valence-electron chi connectivity index (χ0n) is 13.9. The minimum absolute atomic E-state index is 0.151. The lowest BCUT2D eigenvalue weighted by Crippen LogP contribution is -2.09. The van der Waals surface area contributed by atoms with Crippen LogP contribution in [0.1, 0.15) is 15.2 Å². The molecule has 1 aromatic heterocycles. The van der Waals surface area contributed by atoms with Crippen molar-refractivity contribution in [2.45, 2.75) is 6.18 Å². The predicted octanol–water partition coefficient (Wildman–Crippen LogP) is 5.28. The number of carboxylic acid groups (broad SMARTS) is 1. The van der Waals surface area contributed by atoms with Gasteiger partial charge in [0.1, 0.15) is 10.8 Å². The van der Waals surface area contributed by atoms with Crippen molar-refractivity contribution in [3.63, 3.8) is 0 Å². The zero-order chi connectivity index (χ0) is 19.6. The molecular weight excluding hydrogens is 381 g/mol. The Labute approximate surface area is 156 Å². The number of nitrogens with zero attached hydrogens (tertiary/aromatic N) is 1. The number of aromatic nitrogens is 1. The number of para-hydroxylation sites is 1. The van der Waals surface area contributed by atoms with Gasteiger partial charge >= 0.3 is 12.1 Å². The molecule has 0 bridgehead atoms. The number of anilines is 2. The molecule has 5 nitrogen and oxygen atoms in total. The van der Waals surface area contributed by atoms with Crippen molar-refractivity contribution in [1.29, 1.82) is 0 Å². The van der Waals surface area contributed by atoms with Crippen LogP contribution in [0, 0.1) is 0 Å². The molecule has 0 fully saturated rings. The molecule has 0 unspecified atom stereocenters. The number of hydrogen-bond donors (Lipinski definition) is 2. The average Bonchev–Trinajstić information content (AvgIpc) is 3.05. The first kappa shape index (κ1) is 18.7. The number of aromatic carboxylic acids is 1. The summed E-state index contributed by atoms with van der Waals surface area (Å²) in [6.45, 7) is 0. The number of carbonyl (C=O) groups is 1. The van der Waals surface area contributed by atoms with Crippen LogP contribution in [0.3, 0.4) is 0 Å². The van der Waals surface area contributed by atoms with Gasteiger partial charge in [0.15, 0.2) is 10.7 Å². The summed E-state index contributed by atoms with van der Waals surface area (Å²) < 4.78 is 44.7. The standard InChI is InChI=1S/C18H13F3N2O3S/c1-26-11-6-4-5-10(9-11)16-23-15(14(27-16)17(24)25)22-13-8-3-2-7-12(13)18(19,20)21/h2-9,22H,1H3,(H,24,25). The molecule has 0 amide bonds. The van der Waals surface area contributed by atoms with Crippen LogP contribution in [0.5, 0.6) is 5.75 Å². The van der Waals surface area contributed by atoms with Gasteiger partial charge in [0, 0.05) is 5.56 Å². The van der Waals surface area contributed by atoms with Gasteiger partial charge in [0.2, 0.25) is 0 Å². The number of thiazole rings is 1. The maximum absolute atomic E-state index is 13.2. The molecule has 2 aromatic carbocycles. The van der Waals surface area contributed by atoms with Crippen molar-refractivity contribution in [3.8, 4) is 16.3 Å². The van der Waals surface area contributed by atoms with Gasteiger partial charge in [-0.2, -0.15) is 13.2 Å². The van der Waals surface area contributed by atoms with E-state index in [0.717, 1.165) is 17.4 Å². The van der Waals surface area contributed by atoms with E-state index in [1.54, 1.807) is 24.3 Å². The smallest absolute Gasteiger partial charge is 0.418 e. The molecule has 0 aliphatic carbocycles. The van der Waals surface area contributed by atoms with Crippen LogP contribution >= 0.6 is 11.3 Å². The number of hydrogen-bond acceptors (Lipinski definition) is 5. The average molecular weight is 394 g/mol. The fourth-order valence-corrected chi connectivity index (χ4v) is 3.25. The van der Waals surface area contributed by atoms with Gasteiger partial charge in [0.25, 0.3) is 0 Å². The first-order chi connectivity index (χ1) is 12.8. The third-order valence-corrected chi connectivity index (χ3v) is 4.72. The molecule has 0 spiro atoms. The molecule has 0 saturated heterocycles. The third kappa shape index (κ3) is 4.03. The number of rotatable bonds is 5. The lowest BCUT2D eigenvalue weighted by atomic mass is 10.1. The van der Waals surface area contributed by atoms with E-state index in [1.165, 1.54) is 25.3 Å². The van der Waals surface area contributed by atoms with E-state index in [4.69, 9.17) is 4.74 Å². The number of carboxylic acids is 1. The van der Waals surface area contributed by atoms with E-state index in [-0.39, 0.29) is 16.4 Å². The molecule has 0 aliphatic rings. The molecule has 3 aromatic rings. The zero-order valence-corrected chi connectivity index (χ0v) is 14.7. The highest BCUT2D eigenvalue weighted by Gasteiger charge is 2.33. The second kappa shape index (κ2) is 7.28. The molecular formula is C18H13F3N2O3S. The van der Waals surface area contributed by atoms with Crippen LogP contribution in [0.4, 0.5) is 24.7 Å². The molecule has 140 valence electrons. The molecule has 9 heteroatoms. The summed E-state index contributed by atoms with van der Waals surface area (Å²) in [5.74, 6) is -0.882. The van der Waals surface area contributed by atoms with Crippen molar-refractivity contribution in [1.82, 2.24) is 4.98 Å². The molecule has 0 radical (unpaired) electrons. The topological polar surface area (TPSA) is 71.5 Å². The van der Waals surface area contributed by atoms with Gasteiger partial charge in [-0.3, -0.25) is 0 Å². The van der Waals surface area contributed by atoms with Gasteiger partial charge in [0.05, 0.1) is 18.4 Å². The highest BCUT2D eigenvalue weighted by Crippen LogP contribution is 2.38. The first-order valence-electron chi connectivity index (χ1n) is 7.61. The number of nitrogens with one attached hydrogen (secondary N) is 1. The van der Waals surface area contributed by atoms with E-state index in [9.17, 15) is 23.1 Å². The summed E-state index contributed by atoms with van der Waals surface area (Å²) in [6, 6.07) is 11.6. The Morgan fingerprint density at radius 1 is 1.19 bits per heavy atom. The fraction of sp³-hybridized carbons (Fsp3) is 0.111. The molecule has 1 heterocycles. The maximum atomic E-state index is 13.2. The Hall–Kier alpha value is -3.07. The number of benzene rings is 2. The normalized spacial score (nSPS) is 11.3. The van der Waals surface area contributed by atoms with E-state index in [0.29, 0.717) is 16.3 Å². The van der Waals surface area contributed by atoms with Gasteiger partial charge < -0.3 is 15.2 Å². The second-order valence-electron chi connectivity index (χ2n) is 5.40. The largest absolute Gasteiger partial charge is 0.497 e. The van der Waals surface area contributed by atoms with Crippen LogP contribution in [-0.4, -0.2) is 23.2 Å². The van der Waals surface area contributed by atoms with Crippen LogP contribution in [0.25, 0.3) is 10.6 Å². The van der Waals surface area contributed by atoms with Crippen molar-refractivity contribution < 1.29 is 27.8 Å². The quantitative estimate of drug-likeness (QED) is 0.616. The summed E-state index contributed by atoms with van der Waals surface area (Å²) in [4.78, 5) is 15.6. The lowest BCUT2D eigenvalue weighted by molar-refractivity contribution is -0.136. The highest BCUT2D eigenvalue weighted by atomic mass is 32.1. The summed E-state index contributed by atoms with van der Waals surface area (Å²) in [5.41, 5.74) is -0.578. The van der Waals surface area contributed by atoms with Crippen LogP contribution < -0.4 is 10.1 Å². The highest BCUT2D eigenvalue weighted by molar-refractivity contribution is 7.17. The Balaban J connectivity index is 2.04. The summed E-state index contributed by atoms with van der Waals surface area (Å²) in [7, 11) is 1.49. The van der Waals surface area contributed by atoms with E-state index in [1.807, 2.05) is 0 Å². The van der Waals surface area contributed by atoms with Crippen molar-refractivity contribution in [3.05, 3.63) is 59.0 Å². The van der Waals surface area contributed by atoms with Crippen LogP contribution in [0.15, 0.2) is 48.5 Å². The van der Waals surface area contributed by atoms with Crippen molar-refractivity contribution >= 4 is 28.8 Å². The number of halogens is 3. The maximum Gasteiger partial charge on any atom is 0.418 e. The Morgan fingerprint density at radius 2 is 1.93 bits per heavy atom. The lowest BCUT2D eigenvalue weighted by Gasteiger charge is -2.13. The van der Waals surface area contributed by atoms with E-state index >= 15 is 0 Å². The number of ether oxygens (including phenoxy) is 1. The summed E-state index contributed by atoms with van der Waals surface area (Å²) in [5, 5.41) is 12.3. The van der Waals surface area contributed by atoms with E-state index in [2.05, 4.69) is 10.3 Å². The third-order valence-electron chi connectivity index (χ3n) is 3.62. The van der Waals surface area contributed by atoms with E-state index < -0.39 is 17.7 Å². The molecule has 0 aliphatic heterocycles. The summed E-state index contributed by atoms with van der Waals surface area (Å²) >= 11 is 0.863. The van der Waals surface area contributed by atoms with Crippen molar-refractivity contribution in [2.24, 2.45) is 0 Å². The summed E-state index contributed by atoms with van der Waals surface area (Å²) in [6.07, 6.45) is -4.58. The van der Waals surface area contributed by atoms with Crippen molar-refractivity contribution in [2.75, 3.05) is 12.4 Å². The Morgan fingerprint density at radius 3 is 2.59 bits per heavy atom. The first-order valence-corrected chi connectivity index (χ1v) is 8.43. The van der Waals surface area contributed by atoms with Crippen LogP contribution in [-0.2, 0) is 6.18 Å². The molecule has 2 N–H and O–H groups in total. The molecule has 0 atom stereocenters. The molecule has 3 rings (SSSR count). The number of alkyl halides is 3. The minimum atomic E-state index is -4.58.